The normalized spacial score (nSPS) is 18.9. The number of piperidine rings is 1. The molecule has 2 fully saturated rings. The van der Waals surface area contributed by atoms with Crippen LogP contribution in [0.3, 0.4) is 0 Å². The molecule has 0 aliphatic carbocycles. The molecular formula is C27H33N3O4. The Balaban J connectivity index is 1.41. The van der Waals surface area contributed by atoms with E-state index in [1.165, 1.54) is 4.90 Å². The van der Waals surface area contributed by atoms with Crippen LogP contribution in [-0.2, 0) is 27.4 Å². The lowest BCUT2D eigenvalue weighted by atomic mass is 10.0. The minimum Gasteiger partial charge on any atom is -0.445 e. The Morgan fingerprint density at radius 3 is 2.18 bits per heavy atom. The number of ether oxygens (including phenoxy) is 1. The summed E-state index contributed by atoms with van der Waals surface area (Å²) in [5.41, 5.74) is 1.88. The van der Waals surface area contributed by atoms with E-state index in [9.17, 15) is 14.4 Å². The fraction of sp³-hybridized carbons (Fsp3) is 0.444. The third-order valence-electron chi connectivity index (χ3n) is 6.56. The fourth-order valence-electron chi connectivity index (χ4n) is 4.71. The van der Waals surface area contributed by atoms with Crippen molar-refractivity contribution in [2.24, 2.45) is 0 Å². The smallest absolute Gasteiger partial charge is 0.410 e. The third-order valence-corrected chi connectivity index (χ3v) is 6.56. The number of amides is 3. The van der Waals surface area contributed by atoms with Gasteiger partial charge in [-0.2, -0.15) is 0 Å². The van der Waals surface area contributed by atoms with Gasteiger partial charge < -0.3 is 15.0 Å². The Bertz CT molecular complexity index is 960. The standard InChI is InChI=1S/C27H33N3O4/c31-25(24-15-10-18-30(24)27(33)34-20-22-13-6-2-7-14-22)28-23(19-21-11-4-1-5-12-21)26(32)29-16-8-3-9-17-29/h1-2,4-7,11-14,23-24H,3,8-10,15-20H2,(H,28,31)/t23-,24-/m0/s1. The van der Waals surface area contributed by atoms with Crippen molar-refractivity contribution in [1.29, 1.82) is 0 Å². The molecule has 2 saturated heterocycles. The summed E-state index contributed by atoms with van der Waals surface area (Å²) >= 11 is 0. The van der Waals surface area contributed by atoms with Gasteiger partial charge in [0.1, 0.15) is 18.7 Å². The van der Waals surface area contributed by atoms with Crippen LogP contribution in [0.5, 0.6) is 0 Å². The topological polar surface area (TPSA) is 79.0 Å². The average Bonchev–Trinajstić information content (AvgIpc) is 3.39. The highest BCUT2D eigenvalue weighted by molar-refractivity contribution is 5.91. The van der Waals surface area contributed by atoms with E-state index in [-0.39, 0.29) is 18.4 Å². The molecule has 2 aliphatic rings. The van der Waals surface area contributed by atoms with Crippen molar-refractivity contribution in [1.82, 2.24) is 15.1 Å². The van der Waals surface area contributed by atoms with Gasteiger partial charge in [-0.3, -0.25) is 14.5 Å². The molecule has 0 aromatic heterocycles. The first-order valence-electron chi connectivity index (χ1n) is 12.2. The molecule has 2 atom stereocenters. The average molecular weight is 464 g/mol. The van der Waals surface area contributed by atoms with E-state index < -0.39 is 18.2 Å². The molecule has 2 heterocycles. The Labute approximate surface area is 201 Å². The highest BCUT2D eigenvalue weighted by Gasteiger charge is 2.37. The van der Waals surface area contributed by atoms with Crippen molar-refractivity contribution in [2.45, 2.75) is 57.2 Å². The number of rotatable bonds is 7. The summed E-state index contributed by atoms with van der Waals surface area (Å²) in [5, 5.41) is 2.98. The number of hydrogen-bond acceptors (Lipinski definition) is 4. The maximum absolute atomic E-state index is 13.3. The van der Waals surface area contributed by atoms with E-state index in [1.807, 2.05) is 65.6 Å². The molecule has 7 heteroatoms. The van der Waals surface area contributed by atoms with Crippen LogP contribution >= 0.6 is 0 Å². The highest BCUT2D eigenvalue weighted by Crippen LogP contribution is 2.20. The lowest BCUT2D eigenvalue weighted by molar-refractivity contribution is -0.138. The Morgan fingerprint density at radius 2 is 1.50 bits per heavy atom. The maximum Gasteiger partial charge on any atom is 0.410 e. The molecule has 0 radical (unpaired) electrons. The number of carbonyl (C=O) groups is 3. The zero-order valence-electron chi connectivity index (χ0n) is 19.5. The minimum atomic E-state index is -0.657. The number of hydrogen-bond donors (Lipinski definition) is 1. The van der Waals surface area contributed by atoms with Crippen LogP contribution < -0.4 is 5.32 Å². The fourth-order valence-corrected chi connectivity index (χ4v) is 4.71. The zero-order chi connectivity index (χ0) is 23.8. The van der Waals surface area contributed by atoms with Gasteiger partial charge in [0, 0.05) is 26.1 Å². The van der Waals surface area contributed by atoms with Crippen LogP contribution in [0.1, 0.15) is 43.2 Å². The van der Waals surface area contributed by atoms with Gasteiger partial charge in [-0.15, -0.1) is 0 Å². The van der Waals surface area contributed by atoms with Gasteiger partial charge >= 0.3 is 6.09 Å². The summed E-state index contributed by atoms with van der Waals surface area (Å²) in [6.07, 6.45) is 4.31. The minimum absolute atomic E-state index is 0.0481. The Hall–Kier alpha value is -3.35. The van der Waals surface area contributed by atoms with Crippen LogP contribution in [0, 0.1) is 0 Å². The van der Waals surface area contributed by atoms with Crippen LogP contribution in [0.4, 0.5) is 4.79 Å². The molecule has 0 saturated carbocycles. The van der Waals surface area contributed by atoms with Crippen LogP contribution in [0.2, 0.25) is 0 Å². The largest absolute Gasteiger partial charge is 0.445 e. The molecule has 0 bridgehead atoms. The summed E-state index contributed by atoms with van der Waals surface area (Å²) in [4.78, 5) is 42.7. The second-order valence-electron chi connectivity index (χ2n) is 9.03. The van der Waals surface area contributed by atoms with Gasteiger partial charge in [0.05, 0.1) is 0 Å². The van der Waals surface area contributed by atoms with Crippen molar-refractivity contribution in [3.05, 3.63) is 71.8 Å². The highest BCUT2D eigenvalue weighted by atomic mass is 16.6. The molecule has 4 rings (SSSR count). The number of likely N-dealkylation sites (tertiary alicyclic amines) is 2. The summed E-state index contributed by atoms with van der Waals surface area (Å²) in [6.45, 7) is 2.08. The van der Waals surface area contributed by atoms with E-state index in [1.54, 1.807) is 0 Å². The number of carbonyl (C=O) groups excluding carboxylic acids is 3. The molecule has 0 spiro atoms. The van der Waals surface area contributed by atoms with Crippen molar-refractivity contribution < 1.29 is 19.1 Å². The van der Waals surface area contributed by atoms with E-state index in [0.29, 0.717) is 19.4 Å². The predicted octanol–water partition coefficient (Wildman–Crippen LogP) is 3.53. The molecule has 7 nitrogen and oxygen atoms in total. The van der Waals surface area contributed by atoms with Crippen LogP contribution in [-0.4, -0.2) is 59.4 Å². The van der Waals surface area contributed by atoms with Gasteiger partial charge in [0.2, 0.25) is 11.8 Å². The third kappa shape index (κ3) is 6.16. The van der Waals surface area contributed by atoms with E-state index >= 15 is 0 Å². The molecule has 2 aromatic rings. The first-order chi connectivity index (χ1) is 16.6. The van der Waals surface area contributed by atoms with Gasteiger partial charge in [-0.05, 0) is 43.2 Å². The summed E-state index contributed by atoms with van der Waals surface area (Å²) in [7, 11) is 0. The lowest BCUT2D eigenvalue weighted by Crippen LogP contribution is -2.55. The molecule has 34 heavy (non-hydrogen) atoms. The summed E-state index contributed by atoms with van der Waals surface area (Å²) < 4.78 is 5.47. The first kappa shape index (κ1) is 23.8. The first-order valence-corrected chi connectivity index (χ1v) is 12.2. The molecule has 2 aromatic carbocycles. The summed E-state index contributed by atoms with van der Waals surface area (Å²) in [5.74, 6) is -0.339. The SMILES string of the molecule is O=C(N[C@@H](Cc1ccccc1)C(=O)N1CCCCC1)[C@@H]1CCCN1C(=O)OCc1ccccc1. The number of nitrogens with one attached hydrogen (secondary N) is 1. The number of nitrogens with zero attached hydrogens (tertiary/aromatic N) is 2. The van der Waals surface area contributed by atoms with Crippen molar-refractivity contribution in [3.63, 3.8) is 0 Å². The monoisotopic (exact) mass is 463 g/mol. The Kier molecular flexibility index (Phi) is 8.17. The molecular weight excluding hydrogens is 430 g/mol. The predicted molar refractivity (Wildman–Crippen MR) is 129 cm³/mol. The van der Waals surface area contributed by atoms with E-state index in [0.717, 1.165) is 49.9 Å². The van der Waals surface area contributed by atoms with E-state index in [4.69, 9.17) is 4.74 Å². The molecule has 2 aliphatic heterocycles. The molecule has 0 unspecified atom stereocenters. The van der Waals surface area contributed by atoms with Crippen molar-refractivity contribution in [2.75, 3.05) is 19.6 Å². The lowest BCUT2D eigenvalue weighted by Gasteiger charge is -2.32. The summed E-state index contributed by atoms with van der Waals surface area (Å²) in [6, 6.07) is 17.9. The molecule has 1 N–H and O–H groups in total. The maximum atomic E-state index is 13.3. The Morgan fingerprint density at radius 1 is 0.853 bits per heavy atom. The second-order valence-corrected chi connectivity index (χ2v) is 9.03. The number of benzene rings is 2. The van der Waals surface area contributed by atoms with Crippen LogP contribution in [0.25, 0.3) is 0 Å². The van der Waals surface area contributed by atoms with Gasteiger partial charge in [-0.1, -0.05) is 60.7 Å². The van der Waals surface area contributed by atoms with E-state index in [2.05, 4.69) is 5.32 Å². The second kappa shape index (κ2) is 11.7. The quantitative estimate of drug-likeness (QED) is 0.681. The molecule has 3 amide bonds. The van der Waals surface area contributed by atoms with Gasteiger partial charge in [0.15, 0.2) is 0 Å². The van der Waals surface area contributed by atoms with Gasteiger partial charge in [-0.25, -0.2) is 4.79 Å². The van der Waals surface area contributed by atoms with Crippen molar-refractivity contribution >= 4 is 17.9 Å². The zero-order valence-corrected chi connectivity index (χ0v) is 19.5. The van der Waals surface area contributed by atoms with Crippen molar-refractivity contribution in [3.8, 4) is 0 Å². The van der Waals surface area contributed by atoms with Gasteiger partial charge in [0.25, 0.3) is 0 Å². The molecule has 180 valence electrons. The van der Waals surface area contributed by atoms with Crippen LogP contribution in [0.15, 0.2) is 60.7 Å².